The molecule has 0 spiro atoms. The Labute approximate surface area is 164 Å². The molecule has 1 fully saturated rings. The molecule has 146 valence electrons. The molecule has 5 heteroatoms. The van der Waals surface area contributed by atoms with E-state index >= 15 is 0 Å². The van der Waals surface area contributed by atoms with E-state index in [1.807, 2.05) is 6.07 Å². The highest BCUT2D eigenvalue weighted by atomic mass is 16.4. The van der Waals surface area contributed by atoms with Crippen LogP contribution in [-0.2, 0) is 6.54 Å². The van der Waals surface area contributed by atoms with E-state index in [9.17, 15) is 9.90 Å². The van der Waals surface area contributed by atoms with E-state index in [0.29, 0.717) is 17.7 Å². The van der Waals surface area contributed by atoms with Crippen LogP contribution in [0.1, 0.15) is 22.3 Å². The molecule has 4 rings (SSSR count). The van der Waals surface area contributed by atoms with E-state index in [2.05, 4.69) is 41.8 Å². The smallest absolute Gasteiger partial charge is 0.336 e. The Kier molecular flexibility index (Phi) is 4.85. The Balaban J connectivity index is 1.53. The molecule has 28 heavy (non-hydrogen) atoms. The fraction of sp³-hybridized carbons (Fsp3) is 0.348. The number of piperazine rings is 1. The second kappa shape index (κ2) is 7.32. The third-order valence-corrected chi connectivity index (χ3v) is 5.90. The fourth-order valence-electron chi connectivity index (χ4n) is 4.01. The maximum absolute atomic E-state index is 12.0. The number of benzene rings is 2. The standard InChI is InChI=1S/C23H26N2O3/c1-15-5-4-6-20(16(15)2)25-11-9-24(10-12-25)14-18-13-22(27)28-23-17(3)21(26)8-7-19(18)23/h4-8,13,26H,9-12,14H2,1-3H3. The number of fused-ring (bicyclic) bond motifs is 1. The topological polar surface area (TPSA) is 56.9 Å². The molecule has 0 radical (unpaired) electrons. The van der Waals surface area contributed by atoms with Gasteiger partial charge in [0.15, 0.2) is 0 Å². The molecule has 0 bridgehead atoms. The summed E-state index contributed by atoms with van der Waals surface area (Å²) in [4.78, 5) is 16.9. The lowest BCUT2D eigenvalue weighted by Gasteiger charge is -2.37. The van der Waals surface area contributed by atoms with Crippen molar-refractivity contribution < 1.29 is 9.52 Å². The van der Waals surface area contributed by atoms with Gasteiger partial charge in [0.1, 0.15) is 11.3 Å². The third-order valence-electron chi connectivity index (χ3n) is 5.90. The van der Waals surface area contributed by atoms with E-state index < -0.39 is 0 Å². The zero-order chi connectivity index (χ0) is 19.8. The number of phenols is 1. The second-order valence-electron chi connectivity index (χ2n) is 7.66. The van der Waals surface area contributed by atoms with Crippen molar-refractivity contribution >= 4 is 16.7 Å². The Morgan fingerprint density at radius 1 is 1.00 bits per heavy atom. The van der Waals surface area contributed by atoms with Crippen molar-refractivity contribution in [3.05, 3.63) is 69.1 Å². The minimum atomic E-state index is -0.370. The van der Waals surface area contributed by atoms with Crippen LogP contribution < -0.4 is 10.5 Å². The number of hydrogen-bond acceptors (Lipinski definition) is 5. The molecule has 0 atom stereocenters. The molecule has 0 unspecified atom stereocenters. The summed E-state index contributed by atoms with van der Waals surface area (Å²) in [6.07, 6.45) is 0. The molecule has 1 saturated heterocycles. The van der Waals surface area contributed by atoms with Crippen molar-refractivity contribution in [1.29, 1.82) is 0 Å². The van der Waals surface area contributed by atoms with Gasteiger partial charge in [0, 0.05) is 55.4 Å². The molecular weight excluding hydrogens is 352 g/mol. The first-order valence-corrected chi connectivity index (χ1v) is 9.73. The Morgan fingerprint density at radius 2 is 1.75 bits per heavy atom. The molecule has 3 aromatic rings. The van der Waals surface area contributed by atoms with Gasteiger partial charge in [-0.2, -0.15) is 0 Å². The van der Waals surface area contributed by atoms with Gasteiger partial charge in [-0.3, -0.25) is 4.90 Å². The Bertz CT molecular complexity index is 1080. The lowest BCUT2D eigenvalue weighted by molar-refractivity contribution is 0.250. The SMILES string of the molecule is Cc1cccc(N2CCN(Cc3cc(=O)oc4c(C)c(O)ccc34)CC2)c1C. The number of nitrogens with zero attached hydrogens (tertiary/aromatic N) is 2. The molecule has 0 saturated carbocycles. The van der Waals surface area contributed by atoms with Gasteiger partial charge in [-0.25, -0.2) is 4.79 Å². The summed E-state index contributed by atoms with van der Waals surface area (Å²) in [5.41, 5.74) is 5.66. The van der Waals surface area contributed by atoms with Crippen molar-refractivity contribution in [3.8, 4) is 5.75 Å². The number of aryl methyl sites for hydroxylation is 2. The number of rotatable bonds is 3. The number of hydrogen-bond donors (Lipinski definition) is 1. The van der Waals surface area contributed by atoms with Gasteiger partial charge in [-0.05, 0) is 55.7 Å². The normalized spacial score (nSPS) is 15.3. The van der Waals surface area contributed by atoms with Crippen LogP contribution in [0.4, 0.5) is 5.69 Å². The Morgan fingerprint density at radius 3 is 2.50 bits per heavy atom. The zero-order valence-corrected chi connectivity index (χ0v) is 16.7. The first-order valence-electron chi connectivity index (χ1n) is 9.73. The molecule has 1 aliphatic heterocycles. The molecular formula is C23H26N2O3. The van der Waals surface area contributed by atoms with Crippen LogP contribution in [0.25, 0.3) is 11.0 Å². The van der Waals surface area contributed by atoms with Crippen LogP contribution in [0.5, 0.6) is 5.75 Å². The number of phenolic OH excluding ortho intramolecular Hbond substituents is 1. The van der Waals surface area contributed by atoms with Crippen LogP contribution in [0.3, 0.4) is 0 Å². The predicted octanol–water partition coefficient (Wildman–Crippen LogP) is 3.75. The monoisotopic (exact) mass is 378 g/mol. The predicted molar refractivity (Wildman–Crippen MR) is 112 cm³/mol. The van der Waals surface area contributed by atoms with Crippen molar-refractivity contribution in [2.24, 2.45) is 0 Å². The maximum Gasteiger partial charge on any atom is 0.336 e. The van der Waals surface area contributed by atoms with Crippen LogP contribution in [0, 0.1) is 20.8 Å². The highest BCUT2D eigenvalue weighted by Crippen LogP contribution is 2.29. The summed E-state index contributed by atoms with van der Waals surface area (Å²) in [5.74, 6) is 0.148. The van der Waals surface area contributed by atoms with E-state index in [0.717, 1.165) is 37.1 Å². The average molecular weight is 378 g/mol. The van der Waals surface area contributed by atoms with Gasteiger partial charge in [-0.1, -0.05) is 12.1 Å². The molecule has 1 N–H and O–H groups in total. The first-order chi connectivity index (χ1) is 13.4. The quantitative estimate of drug-likeness (QED) is 0.704. The van der Waals surface area contributed by atoms with Crippen molar-refractivity contribution in [1.82, 2.24) is 4.90 Å². The Hall–Kier alpha value is -2.79. The van der Waals surface area contributed by atoms with Crippen molar-refractivity contribution in [2.75, 3.05) is 31.1 Å². The van der Waals surface area contributed by atoms with E-state index in [-0.39, 0.29) is 11.4 Å². The second-order valence-corrected chi connectivity index (χ2v) is 7.66. The molecule has 0 aliphatic carbocycles. The summed E-state index contributed by atoms with van der Waals surface area (Å²) in [5, 5.41) is 10.8. The summed E-state index contributed by atoms with van der Waals surface area (Å²) in [6, 6.07) is 11.6. The van der Waals surface area contributed by atoms with E-state index in [4.69, 9.17) is 4.42 Å². The van der Waals surface area contributed by atoms with Gasteiger partial charge in [-0.15, -0.1) is 0 Å². The largest absolute Gasteiger partial charge is 0.508 e. The minimum absolute atomic E-state index is 0.148. The van der Waals surface area contributed by atoms with Gasteiger partial charge < -0.3 is 14.4 Å². The maximum atomic E-state index is 12.0. The summed E-state index contributed by atoms with van der Waals surface area (Å²) in [6.45, 7) is 10.6. The van der Waals surface area contributed by atoms with Crippen molar-refractivity contribution in [2.45, 2.75) is 27.3 Å². The van der Waals surface area contributed by atoms with Crippen LogP contribution in [0.15, 0.2) is 45.6 Å². The lowest BCUT2D eigenvalue weighted by atomic mass is 10.0. The summed E-state index contributed by atoms with van der Waals surface area (Å²) < 4.78 is 5.36. The molecule has 2 aromatic carbocycles. The highest BCUT2D eigenvalue weighted by Gasteiger charge is 2.20. The zero-order valence-electron chi connectivity index (χ0n) is 16.7. The highest BCUT2D eigenvalue weighted by molar-refractivity contribution is 5.84. The fourth-order valence-corrected chi connectivity index (χ4v) is 4.01. The lowest BCUT2D eigenvalue weighted by Crippen LogP contribution is -2.46. The van der Waals surface area contributed by atoms with Gasteiger partial charge in [0.25, 0.3) is 0 Å². The summed E-state index contributed by atoms with van der Waals surface area (Å²) >= 11 is 0. The first kappa shape index (κ1) is 18.6. The van der Waals surface area contributed by atoms with Crippen molar-refractivity contribution in [3.63, 3.8) is 0 Å². The molecule has 2 heterocycles. The number of anilines is 1. The average Bonchev–Trinajstić information content (AvgIpc) is 2.68. The molecule has 1 aliphatic rings. The molecule has 0 amide bonds. The molecule has 1 aromatic heterocycles. The van der Waals surface area contributed by atoms with Gasteiger partial charge in [0.2, 0.25) is 0 Å². The van der Waals surface area contributed by atoms with E-state index in [1.165, 1.54) is 16.8 Å². The van der Waals surface area contributed by atoms with Gasteiger partial charge >= 0.3 is 5.63 Å². The van der Waals surface area contributed by atoms with E-state index in [1.54, 1.807) is 19.1 Å². The summed E-state index contributed by atoms with van der Waals surface area (Å²) in [7, 11) is 0. The van der Waals surface area contributed by atoms with Crippen LogP contribution in [0.2, 0.25) is 0 Å². The van der Waals surface area contributed by atoms with Gasteiger partial charge in [0.05, 0.1) is 0 Å². The molecule has 5 nitrogen and oxygen atoms in total. The number of aromatic hydroxyl groups is 1. The van der Waals surface area contributed by atoms with Crippen LogP contribution >= 0.6 is 0 Å². The third kappa shape index (κ3) is 3.38. The minimum Gasteiger partial charge on any atom is -0.508 e. The van der Waals surface area contributed by atoms with Crippen LogP contribution in [-0.4, -0.2) is 36.2 Å².